The highest BCUT2D eigenvalue weighted by molar-refractivity contribution is 5.78. The highest BCUT2D eigenvalue weighted by atomic mass is 16.3. The minimum absolute atomic E-state index is 0.134. The second-order valence-electron chi connectivity index (χ2n) is 6.61. The molecule has 0 fully saturated rings. The first-order valence-electron chi connectivity index (χ1n) is 9.19. The van der Waals surface area contributed by atoms with Gasteiger partial charge in [-0.3, -0.25) is 4.79 Å². The zero-order chi connectivity index (χ0) is 18.2. The molecule has 0 unspecified atom stereocenters. The normalized spacial score (nSPS) is 12.0. The van der Waals surface area contributed by atoms with Gasteiger partial charge in [-0.2, -0.15) is 0 Å². The Morgan fingerprint density at radius 1 is 1.04 bits per heavy atom. The quantitative estimate of drug-likeness (QED) is 0.745. The number of phenolic OH excluding ortho intramolecular Hbond substituents is 1. The molecule has 2 rings (SSSR count). The Kier molecular flexibility index (Phi) is 7.05. The van der Waals surface area contributed by atoms with Crippen molar-refractivity contribution < 1.29 is 9.90 Å². The molecule has 0 aromatic heterocycles. The number of aromatic hydroxyl groups is 1. The molecule has 3 heteroatoms. The van der Waals surface area contributed by atoms with Crippen LogP contribution in [0, 0.1) is 6.92 Å². The van der Waals surface area contributed by atoms with Gasteiger partial charge in [0.2, 0.25) is 5.91 Å². The summed E-state index contributed by atoms with van der Waals surface area (Å²) in [5.41, 5.74) is 2.97. The van der Waals surface area contributed by atoms with Gasteiger partial charge in [0.15, 0.2) is 0 Å². The standard InChI is InChI=1S/C22H29NO2/c1-4-13-23(14-5-2)22(25)16-19(18-9-7-6-8-10-18)20-15-17(3)11-12-21(20)24/h6-12,15,19,24H,4-5,13-14,16H2,1-3H3/t19-/m0/s1. The van der Waals surface area contributed by atoms with E-state index in [0.717, 1.165) is 42.6 Å². The first-order valence-corrected chi connectivity index (χ1v) is 9.19. The molecule has 0 aliphatic heterocycles. The lowest BCUT2D eigenvalue weighted by molar-refractivity contribution is -0.131. The average Bonchev–Trinajstić information content (AvgIpc) is 2.62. The van der Waals surface area contributed by atoms with E-state index in [1.165, 1.54) is 0 Å². The highest BCUT2D eigenvalue weighted by Gasteiger charge is 2.23. The third-order valence-corrected chi connectivity index (χ3v) is 4.48. The summed E-state index contributed by atoms with van der Waals surface area (Å²) in [5, 5.41) is 10.4. The van der Waals surface area contributed by atoms with Gasteiger partial charge < -0.3 is 10.0 Å². The van der Waals surface area contributed by atoms with Crippen molar-refractivity contribution >= 4 is 5.91 Å². The number of rotatable bonds is 8. The van der Waals surface area contributed by atoms with E-state index in [9.17, 15) is 9.90 Å². The summed E-state index contributed by atoms with van der Waals surface area (Å²) < 4.78 is 0. The number of aryl methyl sites for hydroxylation is 1. The van der Waals surface area contributed by atoms with Crippen LogP contribution in [0.3, 0.4) is 0 Å². The van der Waals surface area contributed by atoms with Crippen LogP contribution in [0.25, 0.3) is 0 Å². The van der Waals surface area contributed by atoms with E-state index in [2.05, 4.69) is 13.8 Å². The third-order valence-electron chi connectivity index (χ3n) is 4.48. The van der Waals surface area contributed by atoms with E-state index in [1.807, 2.05) is 54.3 Å². The van der Waals surface area contributed by atoms with E-state index in [-0.39, 0.29) is 17.6 Å². The molecule has 1 atom stereocenters. The summed E-state index contributed by atoms with van der Waals surface area (Å²) in [6.07, 6.45) is 2.29. The molecule has 25 heavy (non-hydrogen) atoms. The molecule has 1 N–H and O–H groups in total. The Balaban J connectivity index is 2.35. The molecule has 0 saturated carbocycles. The summed E-state index contributed by atoms with van der Waals surface area (Å²) in [6, 6.07) is 15.6. The predicted octanol–water partition coefficient (Wildman–Crippen LogP) is 4.87. The second-order valence-corrected chi connectivity index (χ2v) is 6.61. The van der Waals surface area contributed by atoms with Gasteiger partial charge >= 0.3 is 0 Å². The van der Waals surface area contributed by atoms with Gasteiger partial charge in [-0.15, -0.1) is 0 Å². The molecular formula is C22H29NO2. The van der Waals surface area contributed by atoms with Crippen molar-refractivity contribution in [1.29, 1.82) is 0 Å². The molecule has 3 nitrogen and oxygen atoms in total. The van der Waals surface area contributed by atoms with Crippen molar-refractivity contribution in [3.05, 3.63) is 65.2 Å². The minimum Gasteiger partial charge on any atom is -0.508 e. The van der Waals surface area contributed by atoms with Crippen molar-refractivity contribution in [2.45, 2.75) is 46.0 Å². The summed E-state index contributed by atoms with van der Waals surface area (Å²) in [7, 11) is 0. The number of hydrogen-bond acceptors (Lipinski definition) is 2. The number of carbonyl (C=O) groups is 1. The van der Waals surface area contributed by atoms with Crippen molar-refractivity contribution in [1.82, 2.24) is 4.90 Å². The van der Waals surface area contributed by atoms with Crippen LogP contribution in [-0.2, 0) is 4.79 Å². The lowest BCUT2D eigenvalue weighted by Crippen LogP contribution is -2.33. The number of amides is 1. The average molecular weight is 339 g/mol. The number of benzene rings is 2. The van der Waals surface area contributed by atoms with Gasteiger partial charge in [-0.1, -0.05) is 61.9 Å². The maximum Gasteiger partial charge on any atom is 0.223 e. The van der Waals surface area contributed by atoms with Crippen molar-refractivity contribution in [3.8, 4) is 5.75 Å². The maximum atomic E-state index is 12.9. The molecular weight excluding hydrogens is 310 g/mol. The Morgan fingerprint density at radius 3 is 2.28 bits per heavy atom. The van der Waals surface area contributed by atoms with Gasteiger partial charge in [-0.05, 0) is 31.4 Å². The molecule has 0 spiro atoms. The van der Waals surface area contributed by atoms with Crippen LogP contribution in [-0.4, -0.2) is 29.0 Å². The summed E-state index contributed by atoms with van der Waals surface area (Å²) >= 11 is 0. The fraction of sp³-hybridized carbons (Fsp3) is 0.409. The minimum atomic E-state index is -0.134. The topological polar surface area (TPSA) is 40.5 Å². The predicted molar refractivity (Wildman–Crippen MR) is 103 cm³/mol. The van der Waals surface area contributed by atoms with Crippen molar-refractivity contribution in [2.75, 3.05) is 13.1 Å². The van der Waals surface area contributed by atoms with Crippen LogP contribution in [0.5, 0.6) is 5.75 Å². The Morgan fingerprint density at radius 2 is 1.68 bits per heavy atom. The van der Waals surface area contributed by atoms with E-state index in [0.29, 0.717) is 6.42 Å². The Bertz CT molecular complexity index is 676. The molecule has 0 heterocycles. The monoisotopic (exact) mass is 339 g/mol. The molecule has 0 aliphatic rings. The fourth-order valence-corrected chi connectivity index (χ4v) is 3.25. The largest absolute Gasteiger partial charge is 0.508 e. The Hall–Kier alpha value is -2.29. The summed E-state index contributed by atoms with van der Waals surface area (Å²) in [4.78, 5) is 14.9. The molecule has 0 bridgehead atoms. The number of hydrogen-bond donors (Lipinski definition) is 1. The van der Waals surface area contributed by atoms with Crippen LogP contribution >= 0.6 is 0 Å². The number of carbonyl (C=O) groups excluding carboxylic acids is 1. The molecule has 0 aliphatic carbocycles. The second kappa shape index (κ2) is 9.26. The maximum absolute atomic E-state index is 12.9. The van der Waals surface area contributed by atoms with Crippen molar-refractivity contribution in [2.24, 2.45) is 0 Å². The first-order chi connectivity index (χ1) is 12.1. The summed E-state index contributed by atoms with van der Waals surface area (Å²) in [6.45, 7) is 7.77. The zero-order valence-electron chi connectivity index (χ0n) is 15.5. The smallest absolute Gasteiger partial charge is 0.223 e. The molecule has 134 valence electrons. The molecule has 1 amide bonds. The molecule has 2 aromatic carbocycles. The van der Waals surface area contributed by atoms with E-state index < -0.39 is 0 Å². The Labute approximate surface area is 151 Å². The zero-order valence-corrected chi connectivity index (χ0v) is 15.5. The fourth-order valence-electron chi connectivity index (χ4n) is 3.25. The van der Waals surface area contributed by atoms with Gasteiger partial charge in [0.1, 0.15) is 5.75 Å². The first kappa shape index (κ1) is 19.0. The SMILES string of the molecule is CCCN(CCC)C(=O)C[C@@H](c1ccccc1)c1cc(C)ccc1O. The van der Waals surface area contributed by atoms with Gasteiger partial charge in [0.05, 0.1) is 0 Å². The third kappa shape index (κ3) is 5.09. The summed E-state index contributed by atoms with van der Waals surface area (Å²) in [5.74, 6) is 0.271. The lowest BCUT2D eigenvalue weighted by atomic mass is 9.86. The van der Waals surface area contributed by atoms with E-state index in [4.69, 9.17) is 0 Å². The van der Waals surface area contributed by atoms with Crippen LogP contribution in [0.1, 0.15) is 55.7 Å². The van der Waals surface area contributed by atoms with Gasteiger partial charge in [0.25, 0.3) is 0 Å². The van der Waals surface area contributed by atoms with E-state index in [1.54, 1.807) is 6.07 Å². The van der Waals surface area contributed by atoms with Crippen LogP contribution < -0.4 is 0 Å². The van der Waals surface area contributed by atoms with Gasteiger partial charge in [0, 0.05) is 31.0 Å². The van der Waals surface area contributed by atoms with Crippen LogP contribution in [0.15, 0.2) is 48.5 Å². The van der Waals surface area contributed by atoms with E-state index >= 15 is 0 Å². The number of phenols is 1. The highest BCUT2D eigenvalue weighted by Crippen LogP contribution is 2.35. The molecule has 2 aromatic rings. The lowest BCUT2D eigenvalue weighted by Gasteiger charge is -2.25. The van der Waals surface area contributed by atoms with Gasteiger partial charge in [-0.25, -0.2) is 0 Å². The van der Waals surface area contributed by atoms with Crippen LogP contribution in [0.2, 0.25) is 0 Å². The molecule has 0 radical (unpaired) electrons. The van der Waals surface area contributed by atoms with Crippen molar-refractivity contribution in [3.63, 3.8) is 0 Å². The molecule has 0 saturated heterocycles. The number of nitrogens with zero attached hydrogens (tertiary/aromatic N) is 1. The van der Waals surface area contributed by atoms with Crippen LogP contribution in [0.4, 0.5) is 0 Å².